The minimum atomic E-state index is -0.761. The highest BCUT2D eigenvalue weighted by Crippen LogP contribution is 2.35. The van der Waals surface area contributed by atoms with Gasteiger partial charge in [-0.15, -0.1) is 0 Å². The van der Waals surface area contributed by atoms with Crippen LogP contribution < -0.4 is 10.7 Å². The van der Waals surface area contributed by atoms with Gasteiger partial charge >= 0.3 is 12.1 Å². The summed E-state index contributed by atoms with van der Waals surface area (Å²) >= 11 is 0. The van der Waals surface area contributed by atoms with Crippen LogP contribution in [0.4, 0.5) is 10.5 Å². The molecular formula is C18H24N4O4. The molecule has 2 fully saturated rings. The molecule has 2 heterocycles. The Morgan fingerprint density at radius 2 is 2.00 bits per heavy atom. The van der Waals surface area contributed by atoms with Crippen molar-refractivity contribution in [3.05, 3.63) is 29.8 Å². The molecule has 1 aromatic carbocycles. The molecule has 3 rings (SSSR count). The van der Waals surface area contributed by atoms with Gasteiger partial charge in [0.15, 0.2) is 0 Å². The average Bonchev–Trinajstić information content (AvgIpc) is 2.94. The predicted octanol–water partition coefficient (Wildman–Crippen LogP) is 1.64. The van der Waals surface area contributed by atoms with Crippen LogP contribution in [-0.4, -0.2) is 60.1 Å². The maximum Gasteiger partial charge on any atom is 0.415 e. The molecule has 2 aliphatic rings. The molecule has 0 aliphatic carbocycles. The topological polar surface area (TPSA) is 108 Å². The van der Waals surface area contributed by atoms with E-state index in [2.05, 4.69) is 10.0 Å². The third-order valence-electron chi connectivity index (χ3n) is 5.03. The lowest BCUT2D eigenvalue weighted by molar-refractivity contribution is -0.137. The molecule has 0 bridgehead atoms. The SMILES string of the molecule is NN=Cc1ccc(N2CC3(CCN(CCCC(=O)O)CC3)OC2=O)cc1. The van der Waals surface area contributed by atoms with Crippen molar-refractivity contribution in [2.24, 2.45) is 10.9 Å². The molecule has 2 saturated heterocycles. The van der Waals surface area contributed by atoms with E-state index < -0.39 is 11.6 Å². The molecule has 1 spiro atoms. The fourth-order valence-electron chi connectivity index (χ4n) is 3.55. The molecule has 0 aromatic heterocycles. The van der Waals surface area contributed by atoms with Crippen LogP contribution in [0.2, 0.25) is 0 Å². The number of amides is 1. The summed E-state index contributed by atoms with van der Waals surface area (Å²) < 4.78 is 5.75. The van der Waals surface area contributed by atoms with Gasteiger partial charge in [-0.05, 0) is 30.7 Å². The van der Waals surface area contributed by atoms with Gasteiger partial charge in [0, 0.05) is 38.0 Å². The van der Waals surface area contributed by atoms with Crippen molar-refractivity contribution in [3.63, 3.8) is 0 Å². The van der Waals surface area contributed by atoms with Gasteiger partial charge in [0.05, 0.1) is 12.8 Å². The fourth-order valence-corrected chi connectivity index (χ4v) is 3.55. The van der Waals surface area contributed by atoms with Crippen LogP contribution in [0.3, 0.4) is 0 Å². The van der Waals surface area contributed by atoms with Crippen molar-refractivity contribution in [2.75, 3.05) is 31.1 Å². The Labute approximate surface area is 152 Å². The number of aliphatic carboxylic acids is 1. The van der Waals surface area contributed by atoms with Gasteiger partial charge in [-0.1, -0.05) is 12.1 Å². The minimum Gasteiger partial charge on any atom is -0.481 e. The number of carbonyl (C=O) groups excluding carboxylic acids is 1. The van der Waals surface area contributed by atoms with Crippen molar-refractivity contribution in [1.29, 1.82) is 0 Å². The number of carbonyl (C=O) groups is 2. The highest BCUT2D eigenvalue weighted by atomic mass is 16.6. The summed E-state index contributed by atoms with van der Waals surface area (Å²) in [5.41, 5.74) is 1.22. The second-order valence-corrected chi connectivity index (χ2v) is 6.85. The fraction of sp³-hybridized carbons (Fsp3) is 0.500. The number of ether oxygens (including phenoxy) is 1. The Kier molecular flexibility index (Phi) is 5.41. The molecule has 140 valence electrons. The first kappa shape index (κ1) is 18.2. The number of anilines is 1. The minimum absolute atomic E-state index is 0.190. The molecule has 0 saturated carbocycles. The van der Waals surface area contributed by atoms with Crippen LogP contribution in [0.5, 0.6) is 0 Å². The molecule has 1 aromatic rings. The number of hydrogen-bond donors (Lipinski definition) is 2. The number of benzene rings is 1. The Balaban J connectivity index is 1.57. The number of nitrogens with two attached hydrogens (primary N) is 1. The number of hydrazone groups is 1. The zero-order valence-electron chi connectivity index (χ0n) is 14.6. The second-order valence-electron chi connectivity index (χ2n) is 6.85. The Morgan fingerprint density at radius 3 is 2.62 bits per heavy atom. The first-order valence-electron chi connectivity index (χ1n) is 8.79. The molecule has 0 unspecified atom stereocenters. The smallest absolute Gasteiger partial charge is 0.415 e. The Morgan fingerprint density at radius 1 is 1.31 bits per heavy atom. The maximum absolute atomic E-state index is 12.4. The Hall–Kier alpha value is -2.61. The van der Waals surface area contributed by atoms with E-state index in [1.54, 1.807) is 11.1 Å². The zero-order valence-corrected chi connectivity index (χ0v) is 14.6. The average molecular weight is 360 g/mol. The van der Waals surface area contributed by atoms with Gasteiger partial charge in [-0.3, -0.25) is 9.69 Å². The molecule has 8 heteroatoms. The van der Waals surface area contributed by atoms with Gasteiger partial charge in [-0.25, -0.2) is 4.79 Å². The van der Waals surface area contributed by atoms with Gasteiger partial charge in [0.25, 0.3) is 0 Å². The standard InChI is InChI=1S/C18H24N4O4/c19-20-12-14-3-5-15(6-4-14)22-13-18(26-17(22)25)7-10-21(11-8-18)9-1-2-16(23)24/h3-6,12H,1-2,7-11,13,19H2,(H,23,24). The molecular weight excluding hydrogens is 336 g/mol. The number of nitrogens with zero attached hydrogens (tertiary/aromatic N) is 3. The van der Waals surface area contributed by atoms with E-state index in [0.717, 1.165) is 43.7 Å². The summed E-state index contributed by atoms with van der Waals surface area (Å²) in [6, 6.07) is 7.43. The summed E-state index contributed by atoms with van der Waals surface area (Å²) in [6.07, 6.45) is 3.60. The van der Waals surface area contributed by atoms with E-state index in [9.17, 15) is 9.59 Å². The molecule has 26 heavy (non-hydrogen) atoms. The van der Waals surface area contributed by atoms with Crippen molar-refractivity contribution in [3.8, 4) is 0 Å². The monoisotopic (exact) mass is 360 g/mol. The summed E-state index contributed by atoms with van der Waals surface area (Å²) in [4.78, 5) is 26.9. The highest BCUT2D eigenvalue weighted by Gasteiger charge is 2.47. The molecule has 8 nitrogen and oxygen atoms in total. The van der Waals surface area contributed by atoms with E-state index in [-0.39, 0.29) is 12.5 Å². The maximum atomic E-state index is 12.4. The number of rotatable bonds is 6. The summed E-state index contributed by atoms with van der Waals surface area (Å²) in [6.45, 7) is 2.93. The van der Waals surface area contributed by atoms with Gasteiger partial charge in [-0.2, -0.15) is 5.10 Å². The van der Waals surface area contributed by atoms with E-state index in [0.29, 0.717) is 13.0 Å². The number of carboxylic acid groups (broad SMARTS) is 1. The second kappa shape index (κ2) is 7.74. The van der Waals surface area contributed by atoms with E-state index in [4.69, 9.17) is 15.7 Å². The summed E-state index contributed by atoms with van der Waals surface area (Å²) in [5, 5.41) is 12.2. The number of hydrogen-bond acceptors (Lipinski definition) is 6. The van der Waals surface area contributed by atoms with Gasteiger partial charge in [0.2, 0.25) is 0 Å². The molecule has 0 atom stereocenters. The molecule has 0 radical (unpaired) electrons. The van der Waals surface area contributed by atoms with Crippen LogP contribution in [0.15, 0.2) is 29.4 Å². The lowest BCUT2D eigenvalue weighted by atomic mass is 9.91. The normalized spacial score (nSPS) is 20.0. The zero-order chi connectivity index (χ0) is 18.6. The van der Waals surface area contributed by atoms with Crippen LogP contribution in [0.25, 0.3) is 0 Å². The van der Waals surface area contributed by atoms with Gasteiger partial charge < -0.3 is 20.6 Å². The number of carboxylic acids is 1. The number of likely N-dealkylation sites (tertiary alicyclic amines) is 1. The highest BCUT2D eigenvalue weighted by molar-refractivity contribution is 5.91. The van der Waals surface area contributed by atoms with E-state index >= 15 is 0 Å². The quantitative estimate of drug-likeness (QED) is 0.453. The largest absolute Gasteiger partial charge is 0.481 e. The first-order chi connectivity index (χ1) is 12.5. The van der Waals surface area contributed by atoms with Crippen LogP contribution in [0, 0.1) is 0 Å². The van der Waals surface area contributed by atoms with Gasteiger partial charge in [0.1, 0.15) is 5.60 Å². The Bertz CT molecular complexity index is 681. The van der Waals surface area contributed by atoms with Crippen molar-refractivity contribution >= 4 is 24.0 Å². The molecule has 2 aliphatic heterocycles. The summed E-state index contributed by atoms with van der Waals surface area (Å²) in [5.74, 6) is 4.38. The lowest BCUT2D eigenvalue weighted by Gasteiger charge is -2.37. The third kappa shape index (κ3) is 4.13. The van der Waals surface area contributed by atoms with Crippen molar-refractivity contribution in [1.82, 2.24) is 4.90 Å². The number of piperidine rings is 1. The molecule has 3 N–H and O–H groups in total. The van der Waals surface area contributed by atoms with Crippen LogP contribution >= 0.6 is 0 Å². The lowest BCUT2D eigenvalue weighted by Crippen LogP contribution is -2.47. The van der Waals surface area contributed by atoms with Crippen molar-refractivity contribution in [2.45, 2.75) is 31.3 Å². The van der Waals surface area contributed by atoms with E-state index in [1.165, 1.54) is 0 Å². The third-order valence-corrected chi connectivity index (χ3v) is 5.03. The molecule has 1 amide bonds. The van der Waals surface area contributed by atoms with Crippen LogP contribution in [0.1, 0.15) is 31.2 Å². The predicted molar refractivity (Wildman–Crippen MR) is 97.3 cm³/mol. The summed E-state index contributed by atoms with van der Waals surface area (Å²) in [7, 11) is 0. The van der Waals surface area contributed by atoms with E-state index in [1.807, 2.05) is 24.3 Å². The van der Waals surface area contributed by atoms with Crippen molar-refractivity contribution < 1.29 is 19.4 Å². The van der Waals surface area contributed by atoms with Crippen LogP contribution in [-0.2, 0) is 9.53 Å². The first-order valence-corrected chi connectivity index (χ1v) is 8.79.